The molecule has 0 fully saturated rings. The highest BCUT2D eigenvalue weighted by molar-refractivity contribution is 6.33. The molecule has 4 heterocycles. The molecule has 0 atom stereocenters. The van der Waals surface area contributed by atoms with E-state index in [-0.39, 0.29) is 34.0 Å². The number of aromatic nitrogens is 6. The number of alkyl halides is 3. The molecule has 0 saturated carbocycles. The Morgan fingerprint density at radius 2 is 1.90 bits per heavy atom. The highest BCUT2D eigenvalue weighted by Crippen LogP contribution is 2.38. The predicted octanol–water partition coefficient (Wildman–Crippen LogP) is 4.25. The van der Waals surface area contributed by atoms with E-state index in [9.17, 15) is 13.2 Å². The number of halogens is 4. The number of nitrogens with one attached hydrogen (secondary N) is 2. The zero-order valence-electron chi connectivity index (χ0n) is 15.0. The molecular formula is C17H13ClF3N7O. The molecule has 2 N–H and O–H groups in total. The summed E-state index contributed by atoms with van der Waals surface area (Å²) in [6.07, 6.45) is 1.03. The number of imidazole rings is 2. The summed E-state index contributed by atoms with van der Waals surface area (Å²) in [4.78, 5) is 18.5. The van der Waals surface area contributed by atoms with Gasteiger partial charge in [0.15, 0.2) is 11.3 Å². The Bertz CT molecular complexity index is 1180. The summed E-state index contributed by atoms with van der Waals surface area (Å²) < 4.78 is 47.1. The fraction of sp³-hybridized carbons (Fsp3) is 0.176. The van der Waals surface area contributed by atoms with Gasteiger partial charge in [-0.2, -0.15) is 13.2 Å². The lowest BCUT2D eigenvalue weighted by molar-refractivity contribution is -0.140. The molecule has 12 heteroatoms. The summed E-state index contributed by atoms with van der Waals surface area (Å²) in [6.45, 7) is 1.73. The van der Waals surface area contributed by atoms with Crippen molar-refractivity contribution in [1.82, 2.24) is 29.3 Å². The smallest absolute Gasteiger partial charge is 0.435 e. The van der Waals surface area contributed by atoms with Crippen LogP contribution in [0.15, 0.2) is 30.9 Å². The molecule has 0 amide bonds. The van der Waals surface area contributed by atoms with Crippen molar-refractivity contribution in [1.29, 1.82) is 0 Å². The molecule has 29 heavy (non-hydrogen) atoms. The van der Waals surface area contributed by atoms with Gasteiger partial charge < -0.3 is 15.0 Å². The van der Waals surface area contributed by atoms with Crippen LogP contribution in [0, 0.1) is 6.92 Å². The van der Waals surface area contributed by atoms with Crippen molar-refractivity contribution in [3.8, 4) is 17.4 Å². The third-order valence-corrected chi connectivity index (χ3v) is 4.26. The Labute approximate surface area is 166 Å². The third kappa shape index (κ3) is 3.56. The van der Waals surface area contributed by atoms with Crippen LogP contribution in [0.2, 0.25) is 5.02 Å². The lowest BCUT2D eigenvalue weighted by Crippen LogP contribution is -2.08. The van der Waals surface area contributed by atoms with Crippen molar-refractivity contribution in [3.05, 3.63) is 47.1 Å². The Balaban J connectivity index is 1.78. The van der Waals surface area contributed by atoms with Crippen LogP contribution in [0.3, 0.4) is 0 Å². The standard InChI is InChI=1S/C17H13ClF3N7O/c1-8-3-10(18)14-27-13(17(19,20)21)12(28(14)7-8)11-6-22-15(26-11)25-9-4-23-16(29-2)24-5-9/h3-7H,1-2H3,(H2,22,25,26). The van der Waals surface area contributed by atoms with Crippen LogP contribution in [-0.2, 0) is 6.18 Å². The second-order valence-corrected chi connectivity index (χ2v) is 6.50. The van der Waals surface area contributed by atoms with Gasteiger partial charge in [0.25, 0.3) is 0 Å². The minimum atomic E-state index is -4.68. The molecule has 4 aromatic rings. The molecule has 150 valence electrons. The van der Waals surface area contributed by atoms with E-state index in [1.807, 2.05) is 0 Å². The largest absolute Gasteiger partial charge is 0.467 e. The van der Waals surface area contributed by atoms with Crippen molar-refractivity contribution in [3.63, 3.8) is 0 Å². The monoisotopic (exact) mass is 423 g/mol. The summed E-state index contributed by atoms with van der Waals surface area (Å²) in [5.74, 6) is 0.204. The molecule has 0 radical (unpaired) electrons. The van der Waals surface area contributed by atoms with E-state index >= 15 is 0 Å². The maximum atomic E-state index is 13.6. The Hall–Kier alpha value is -3.34. The van der Waals surface area contributed by atoms with Gasteiger partial charge in [-0.25, -0.2) is 19.9 Å². The maximum absolute atomic E-state index is 13.6. The number of fused-ring (bicyclic) bond motifs is 1. The number of aromatic amines is 1. The van der Waals surface area contributed by atoms with Gasteiger partial charge in [0.2, 0.25) is 5.95 Å². The van der Waals surface area contributed by atoms with Gasteiger partial charge in [-0.3, -0.25) is 4.40 Å². The number of hydrogen-bond donors (Lipinski definition) is 2. The Morgan fingerprint density at radius 3 is 2.55 bits per heavy atom. The topological polar surface area (TPSA) is 93.0 Å². The summed E-state index contributed by atoms with van der Waals surface area (Å²) in [7, 11) is 1.43. The molecule has 0 unspecified atom stereocenters. The van der Waals surface area contributed by atoms with Gasteiger partial charge in [0, 0.05) is 6.20 Å². The van der Waals surface area contributed by atoms with Crippen molar-refractivity contribution >= 4 is 28.9 Å². The first-order valence-corrected chi connectivity index (χ1v) is 8.58. The molecule has 0 spiro atoms. The van der Waals surface area contributed by atoms with E-state index in [2.05, 4.69) is 30.2 Å². The molecule has 0 aliphatic rings. The van der Waals surface area contributed by atoms with Crippen LogP contribution in [0.1, 0.15) is 11.3 Å². The average molecular weight is 424 g/mol. The van der Waals surface area contributed by atoms with Crippen molar-refractivity contribution in [2.24, 2.45) is 0 Å². The average Bonchev–Trinajstić information content (AvgIpc) is 3.26. The highest BCUT2D eigenvalue weighted by atomic mass is 35.5. The fourth-order valence-corrected chi connectivity index (χ4v) is 3.12. The summed E-state index contributed by atoms with van der Waals surface area (Å²) in [5, 5.41) is 3.00. The number of methoxy groups -OCH3 is 1. The van der Waals surface area contributed by atoms with Crippen LogP contribution >= 0.6 is 11.6 Å². The summed E-state index contributed by atoms with van der Waals surface area (Å²) in [5.41, 5.74) is 0.0242. The number of ether oxygens (including phenoxy) is 1. The number of pyridine rings is 1. The number of hydrogen-bond acceptors (Lipinski definition) is 6. The van der Waals surface area contributed by atoms with Crippen molar-refractivity contribution in [2.45, 2.75) is 13.1 Å². The number of anilines is 2. The second-order valence-electron chi connectivity index (χ2n) is 6.09. The van der Waals surface area contributed by atoms with Crippen LogP contribution < -0.4 is 10.1 Å². The van der Waals surface area contributed by atoms with E-state index < -0.39 is 11.9 Å². The summed E-state index contributed by atoms with van der Waals surface area (Å²) >= 11 is 6.11. The van der Waals surface area contributed by atoms with Crippen LogP contribution in [0.5, 0.6) is 6.01 Å². The number of rotatable bonds is 4. The van der Waals surface area contributed by atoms with E-state index in [1.165, 1.54) is 36.3 Å². The van der Waals surface area contributed by atoms with E-state index in [0.717, 1.165) is 0 Å². The van der Waals surface area contributed by atoms with Gasteiger partial charge in [-0.05, 0) is 18.6 Å². The number of nitrogens with zero attached hydrogens (tertiary/aromatic N) is 5. The minimum absolute atomic E-state index is 0.00672. The fourth-order valence-electron chi connectivity index (χ4n) is 2.82. The van der Waals surface area contributed by atoms with Gasteiger partial charge >= 0.3 is 12.2 Å². The minimum Gasteiger partial charge on any atom is -0.467 e. The first kappa shape index (κ1) is 19.0. The zero-order chi connectivity index (χ0) is 20.8. The normalized spacial score (nSPS) is 11.8. The molecule has 0 saturated heterocycles. The first-order valence-electron chi connectivity index (χ1n) is 8.20. The maximum Gasteiger partial charge on any atom is 0.435 e. The van der Waals surface area contributed by atoms with E-state index in [0.29, 0.717) is 11.3 Å². The molecule has 0 aliphatic carbocycles. The van der Waals surface area contributed by atoms with Crippen molar-refractivity contribution in [2.75, 3.05) is 12.4 Å². The molecule has 4 rings (SSSR count). The predicted molar refractivity (Wildman–Crippen MR) is 99.4 cm³/mol. The molecule has 4 aromatic heterocycles. The number of aryl methyl sites for hydroxylation is 1. The van der Waals surface area contributed by atoms with Gasteiger partial charge in [0.05, 0.1) is 42.1 Å². The van der Waals surface area contributed by atoms with Crippen LogP contribution in [-0.4, -0.2) is 36.4 Å². The second kappa shape index (κ2) is 6.92. The lowest BCUT2D eigenvalue weighted by atomic mass is 10.2. The van der Waals surface area contributed by atoms with Gasteiger partial charge in [0.1, 0.15) is 5.69 Å². The quantitative estimate of drug-likeness (QED) is 0.510. The SMILES string of the molecule is COc1ncc(Nc2ncc(-c3c(C(F)(F)F)nc4c(Cl)cc(C)cn34)[nH]2)cn1. The van der Waals surface area contributed by atoms with Crippen LogP contribution in [0.25, 0.3) is 17.0 Å². The first-order chi connectivity index (χ1) is 13.8. The number of H-pyrrole nitrogens is 1. The molecular weight excluding hydrogens is 411 g/mol. The highest BCUT2D eigenvalue weighted by Gasteiger charge is 2.39. The zero-order valence-corrected chi connectivity index (χ0v) is 15.8. The molecule has 0 aromatic carbocycles. The van der Waals surface area contributed by atoms with Crippen molar-refractivity contribution < 1.29 is 17.9 Å². The summed E-state index contributed by atoms with van der Waals surface area (Å²) in [6, 6.07) is 1.74. The molecule has 8 nitrogen and oxygen atoms in total. The Morgan fingerprint density at radius 1 is 1.17 bits per heavy atom. The van der Waals surface area contributed by atoms with E-state index in [1.54, 1.807) is 13.0 Å². The lowest BCUT2D eigenvalue weighted by Gasteiger charge is -2.07. The molecule has 0 bridgehead atoms. The molecule has 0 aliphatic heterocycles. The van der Waals surface area contributed by atoms with Crippen LogP contribution in [0.4, 0.5) is 24.8 Å². The van der Waals surface area contributed by atoms with Gasteiger partial charge in [-0.15, -0.1) is 0 Å². The Kier molecular flexibility index (Phi) is 4.53. The third-order valence-electron chi connectivity index (χ3n) is 3.98. The van der Waals surface area contributed by atoms with Gasteiger partial charge in [-0.1, -0.05) is 11.6 Å². The van der Waals surface area contributed by atoms with E-state index in [4.69, 9.17) is 16.3 Å².